The number of aliphatic hydroxyl groups excluding tert-OH is 1. The van der Waals surface area contributed by atoms with Crippen molar-refractivity contribution in [2.45, 2.75) is 19.4 Å². The van der Waals surface area contributed by atoms with Crippen molar-refractivity contribution in [2.75, 3.05) is 20.3 Å². The molecular weight excluding hydrogens is 237 g/mol. The van der Waals surface area contributed by atoms with Gasteiger partial charge in [-0.1, -0.05) is 6.07 Å². The van der Waals surface area contributed by atoms with Crippen molar-refractivity contribution in [1.29, 1.82) is 0 Å². The number of halogens is 1. The Kier molecular flexibility index (Phi) is 5.74. The zero-order chi connectivity index (χ0) is 13.5. The van der Waals surface area contributed by atoms with Crippen molar-refractivity contribution < 1.29 is 19.0 Å². The standard InChI is InChI=1S/C13H18FNO3/c1-9-3-4-10(7-12(9)14)13(17)15-6-5-11(16)8-18-2/h3-4,7,11,16H,5-6,8H2,1-2H3,(H,15,17). The first kappa shape index (κ1) is 14.6. The lowest BCUT2D eigenvalue weighted by atomic mass is 10.1. The highest BCUT2D eigenvalue weighted by Crippen LogP contribution is 2.09. The maximum atomic E-state index is 13.3. The largest absolute Gasteiger partial charge is 0.391 e. The number of nitrogens with one attached hydrogen (secondary N) is 1. The van der Waals surface area contributed by atoms with Crippen molar-refractivity contribution in [1.82, 2.24) is 5.32 Å². The van der Waals surface area contributed by atoms with E-state index in [1.807, 2.05) is 0 Å². The summed E-state index contributed by atoms with van der Waals surface area (Å²) in [6, 6.07) is 4.33. The van der Waals surface area contributed by atoms with E-state index in [9.17, 15) is 14.3 Å². The lowest BCUT2D eigenvalue weighted by molar-refractivity contribution is 0.0587. The van der Waals surface area contributed by atoms with Crippen molar-refractivity contribution in [3.8, 4) is 0 Å². The topological polar surface area (TPSA) is 58.6 Å². The second-order valence-corrected chi connectivity index (χ2v) is 4.12. The van der Waals surface area contributed by atoms with Gasteiger partial charge < -0.3 is 15.2 Å². The molecule has 0 aromatic heterocycles. The molecule has 1 atom stereocenters. The van der Waals surface area contributed by atoms with Gasteiger partial charge in [-0.2, -0.15) is 0 Å². The number of carbonyl (C=O) groups excluding carboxylic acids is 1. The maximum Gasteiger partial charge on any atom is 0.251 e. The molecule has 0 spiro atoms. The summed E-state index contributed by atoms with van der Waals surface area (Å²) in [5, 5.41) is 12.0. The van der Waals surface area contributed by atoms with Crippen LogP contribution in [-0.4, -0.2) is 37.4 Å². The number of aryl methyl sites for hydroxylation is 1. The maximum absolute atomic E-state index is 13.3. The van der Waals surface area contributed by atoms with E-state index < -0.39 is 11.9 Å². The van der Waals surface area contributed by atoms with Crippen LogP contribution in [0.5, 0.6) is 0 Å². The summed E-state index contributed by atoms with van der Waals surface area (Å²) in [5.74, 6) is -0.749. The Hall–Kier alpha value is -1.46. The summed E-state index contributed by atoms with van der Waals surface area (Å²) in [6.07, 6.45) is -0.210. The average Bonchev–Trinajstić information content (AvgIpc) is 2.33. The molecule has 1 rings (SSSR count). The number of benzene rings is 1. The highest BCUT2D eigenvalue weighted by atomic mass is 19.1. The number of amides is 1. The minimum Gasteiger partial charge on any atom is -0.391 e. The number of rotatable bonds is 6. The Morgan fingerprint density at radius 2 is 2.28 bits per heavy atom. The van der Waals surface area contributed by atoms with Gasteiger partial charge in [-0.3, -0.25) is 4.79 Å². The Morgan fingerprint density at radius 1 is 1.56 bits per heavy atom. The quantitative estimate of drug-likeness (QED) is 0.804. The van der Waals surface area contributed by atoms with Crippen molar-refractivity contribution in [2.24, 2.45) is 0 Å². The van der Waals surface area contributed by atoms with E-state index in [-0.39, 0.29) is 18.1 Å². The van der Waals surface area contributed by atoms with Gasteiger partial charge in [-0.25, -0.2) is 4.39 Å². The summed E-state index contributed by atoms with van der Waals surface area (Å²) < 4.78 is 18.0. The predicted molar refractivity (Wildman–Crippen MR) is 66.0 cm³/mol. The van der Waals surface area contributed by atoms with E-state index in [0.717, 1.165) is 0 Å². The van der Waals surface area contributed by atoms with Crippen LogP contribution in [0.25, 0.3) is 0 Å². The average molecular weight is 255 g/mol. The van der Waals surface area contributed by atoms with Crippen LogP contribution in [0.2, 0.25) is 0 Å². The molecule has 1 unspecified atom stereocenters. The Bertz CT molecular complexity index is 409. The van der Waals surface area contributed by atoms with Gasteiger partial charge in [0.05, 0.1) is 12.7 Å². The molecule has 4 nitrogen and oxygen atoms in total. The van der Waals surface area contributed by atoms with Gasteiger partial charge in [-0.15, -0.1) is 0 Å². The number of methoxy groups -OCH3 is 1. The zero-order valence-electron chi connectivity index (χ0n) is 10.6. The van der Waals surface area contributed by atoms with Crippen LogP contribution in [0.4, 0.5) is 4.39 Å². The fourth-order valence-corrected chi connectivity index (χ4v) is 1.46. The lowest BCUT2D eigenvalue weighted by Crippen LogP contribution is -2.28. The highest BCUT2D eigenvalue weighted by molar-refractivity contribution is 5.94. The second kappa shape index (κ2) is 7.08. The van der Waals surface area contributed by atoms with Crippen LogP contribution in [0.1, 0.15) is 22.3 Å². The number of ether oxygens (including phenoxy) is 1. The third-order valence-electron chi connectivity index (χ3n) is 2.56. The van der Waals surface area contributed by atoms with Gasteiger partial charge >= 0.3 is 0 Å². The van der Waals surface area contributed by atoms with E-state index in [1.54, 1.807) is 19.1 Å². The molecule has 0 heterocycles. The highest BCUT2D eigenvalue weighted by Gasteiger charge is 2.09. The van der Waals surface area contributed by atoms with E-state index >= 15 is 0 Å². The molecule has 0 aliphatic carbocycles. The second-order valence-electron chi connectivity index (χ2n) is 4.12. The minimum absolute atomic E-state index is 0.231. The van der Waals surface area contributed by atoms with E-state index in [1.165, 1.54) is 13.2 Å². The molecular formula is C13H18FNO3. The zero-order valence-corrected chi connectivity index (χ0v) is 10.6. The predicted octanol–water partition coefficient (Wildman–Crippen LogP) is 1.26. The van der Waals surface area contributed by atoms with Gasteiger partial charge in [0.2, 0.25) is 0 Å². The first-order valence-electron chi connectivity index (χ1n) is 5.76. The summed E-state index contributed by atoms with van der Waals surface area (Å²) in [7, 11) is 1.50. The van der Waals surface area contributed by atoms with Crippen LogP contribution >= 0.6 is 0 Å². The monoisotopic (exact) mass is 255 g/mol. The summed E-state index contributed by atoms with van der Waals surface area (Å²) in [5.41, 5.74) is 0.779. The summed E-state index contributed by atoms with van der Waals surface area (Å²) in [4.78, 5) is 11.7. The van der Waals surface area contributed by atoms with Gasteiger partial charge in [0.15, 0.2) is 0 Å². The van der Waals surface area contributed by atoms with Crippen LogP contribution in [-0.2, 0) is 4.74 Å². The molecule has 100 valence electrons. The lowest BCUT2D eigenvalue weighted by Gasteiger charge is -2.10. The fourth-order valence-electron chi connectivity index (χ4n) is 1.46. The Balaban J connectivity index is 2.43. The van der Waals surface area contributed by atoms with Gasteiger partial charge in [0.1, 0.15) is 5.82 Å². The van der Waals surface area contributed by atoms with E-state index in [2.05, 4.69) is 5.32 Å². The summed E-state index contributed by atoms with van der Waals surface area (Å²) >= 11 is 0. The number of aliphatic hydroxyl groups is 1. The number of hydrogen-bond donors (Lipinski definition) is 2. The molecule has 5 heteroatoms. The normalized spacial score (nSPS) is 12.2. The van der Waals surface area contributed by atoms with Crippen molar-refractivity contribution >= 4 is 5.91 Å². The van der Waals surface area contributed by atoms with Crippen molar-refractivity contribution in [3.63, 3.8) is 0 Å². The van der Waals surface area contributed by atoms with E-state index in [4.69, 9.17) is 4.74 Å². The van der Waals surface area contributed by atoms with Crippen LogP contribution in [0, 0.1) is 12.7 Å². The van der Waals surface area contributed by atoms with E-state index in [0.29, 0.717) is 18.5 Å². The molecule has 0 aliphatic heterocycles. The molecule has 2 N–H and O–H groups in total. The Labute approximate surface area is 106 Å². The van der Waals surface area contributed by atoms with Crippen molar-refractivity contribution in [3.05, 3.63) is 35.1 Å². The number of hydrogen-bond acceptors (Lipinski definition) is 3. The fraction of sp³-hybridized carbons (Fsp3) is 0.462. The third-order valence-corrected chi connectivity index (χ3v) is 2.56. The van der Waals surface area contributed by atoms with Crippen LogP contribution in [0.15, 0.2) is 18.2 Å². The molecule has 0 saturated heterocycles. The molecule has 18 heavy (non-hydrogen) atoms. The molecule has 1 aromatic carbocycles. The smallest absolute Gasteiger partial charge is 0.251 e. The van der Waals surface area contributed by atoms with Crippen LogP contribution < -0.4 is 5.32 Å². The molecule has 0 aliphatic rings. The van der Waals surface area contributed by atoms with Gasteiger partial charge in [-0.05, 0) is 31.0 Å². The molecule has 0 fully saturated rings. The molecule has 0 bridgehead atoms. The molecule has 0 saturated carbocycles. The number of carbonyl (C=O) groups is 1. The molecule has 1 aromatic rings. The van der Waals surface area contributed by atoms with Gasteiger partial charge in [0.25, 0.3) is 5.91 Å². The first-order valence-corrected chi connectivity index (χ1v) is 5.76. The SMILES string of the molecule is COCC(O)CCNC(=O)c1ccc(C)c(F)c1. The first-order chi connectivity index (χ1) is 8.54. The molecule has 0 radical (unpaired) electrons. The van der Waals surface area contributed by atoms with Crippen LogP contribution in [0.3, 0.4) is 0 Å². The third kappa shape index (κ3) is 4.43. The Morgan fingerprint density at radius 3 is 2.89 bits per heavy atom. The summed E-state index contributed by atoms with van der Waals surface area (Å²) in [6.45, 7) is 2.19. The molecule has 1 amide bonds. The van der Waals surface area contributed by atoms with Gasteiger partial charge in [0, 0.05) is 19.2 Å². The minimum atomic E-state index is -0.606.